The van der Waals surface area contributed by atoms with Gasteiger partial charge in [-0.1, -0.05) is 55.1 Å². The van der Waals surface area contributed by atoms with E-state index in [1.54, 1.807) is 0 Å². The van der Waals surface area contributed by atoms with E-state index in [-0.39, 0.29) is 0 Å². The number of nitrogens with one attached hydrogen (secondary N) is 3. The van der Waals surface area contributed by atoms with Gasteiger partial charge >= 0.3 is 0 Å². The molecule has 0 heterocycles. The molecule has 0 spiro atoms. The predicted molar refractivity (Wildman–Crippen MR) is 108 cm³/mol. The maximum atomic E-state index is 3.78. The maximum Gasteiger partial charge on any atom is 0.0849 e. The fraction of sp³-hybridized carbons (Fsp3) is 0.182. The summed E-state index contributed by atoms with van der Waals surface area (Å²) < 4.78 is 0. The number of hydrogen-bond acceptors (Lipinski definition) is 3. The van der Waals surface area contributed by atoms with E-state index in [2.05, 4.69) is 89.3 Å². The molecule has 0 aliphatic heterocycles. The summed E-state index contributed by atoms with van der Waals surface area (Å²) in [6.45, 7) is 5.30. The van der Waals surface area contributed by atoms with Crippen LogP contribution in [-0.4, -0.2) is 6.67 Å². The topological polar surface area (TPSA) is 36.1 Å². The van der Waals surface area contributed by atoms with E-state index in [9.17, 15) is 0 Å². The lowest BCUT2D eigenvalue weighted by atomic mass is 10.1. The third-order valence-corrected chi connectivity index (χ3v) is 4.15. The zero-order valence-electron chi connectivity index (χ0n) is 14.5. The van der Waals surface area contributed by atoms with Crippen molar-refractivity contribution in [2.24, 2.45) is 0 Å². The summed E-state index contributed by atoms with van der Waals surface area (Å²) in [5.74, 6) is 0. The molecular weight excluding hydrogens is 306 g/mol. The summed E-state index contributed by atoms with van der Waals surface area (Å²) in [6, 6.07) is 16.8. The second-order valence-electron chi connectivity index (χ2n) is 6.05. The van der Waals surface area contributed by atoms with E-state index in [1.165, 1.54) is 11.3 Å². The van der Waals surface area contributed by atoms with E-state index in [1.807, 2.05) is 6.08 Å². The van der Waals surface area contributed by atoms with Gasteiger partial charge in [0, 0.05) is 23.6 Å². The minimum atomic E-state index is 0.711. The van der Waals surface area contributed by atoms with Crippen molar-refractivity contribution in [1.82, 2.24) is 5.32 Å². The molecule has 0 saturated heterocycles. The van der Waals surface area contributed by atoms with Crippen LogP contribution < -0.4 is 16.0 Å². The largest absolute Gasteiger partial charge is 0.381 e. The van der Waals surface area contributed by atoms with E-state index in [0.29, 0.717) is 6.67 Å². The Hall–Kier alpha value is -2.94. The van der Waals surface area contributed by atoms with Crippen molar-refractivity contribution >= 4 is 17.5 Å². The van der Waals surface area contributed by atoms with Crippen LogP contribution in [0.25, 0.3) is 6.08 Å². The summed E-state index contributed by atoms with van der Waals surface area (Å²) in [5, 5.41) is 10.3. The summed E-state index contributed by atoms with van der Waals surface area (Å²) in [4.78, 5) is 0. The molecule has 3 rings (SSSR count). The van der Waals surface area contributed by atoms with Gasteiger partial charge in [0.1, 0.15) is 0 Å². The van der Waals surface area contributed by atoms with Crippen molar-refractivity contribution in [2.75, 3.05) is 17.3 Å². The average Bonchev–Trinajstić information content (AvgIpc) is 2.68. The Morgan fingerprint density at radius 2 is 1.72 bits per heavy atom. The molecule has 3 heteroatoms. The van der Waals surface area contributed by atoms with Crippen LogP contribution in [0.2, 0.25) is 0 Å². The molecule has 0 fully saturated rings. The van der Waals surface area contributed by atoms with E-state index in [0.717, 1.165) is 36.3 Å². The third-order valence-electron chi connectivity index (χ3n) is 4.15. The van der Waals surface area contributed by atoms with Crippen molar-refractivity contribution in [1.29, 1.82) is 0 Å². The quantitative estimate of drug-likeness (QED) is 0.587. The summed E-state index contributed by atoms with van der Waals surface area (Å²) >= 11 is 0. The first-order valence-corrected chi connectivity index (χ1v) is 8.73. The lowest BCUT2D eigenvalue weighted by Gasteiger charge is -2.13. The molecule has 3 N–H and O–H groups in total. The number of allylic oxidation sites excluding steroid dienone is 3. The van der Waals surface area contributed by atoms with Crippen molar-refractivity contribution in [3.8, 4) is 0 Å². The Balaban J connectivity index is 1.49. The first-order valence-electron chi connectivity index (χ1n) is 8.73. The minimum Gasteiger partial charge on any atom is -0.381 e. The lowest BCUT2D eigenvalue weighted by Crippen LogP contribution is -2.21. The molecule has 1 aliphatic carbocycles. The van der Waals surface area contributed by atoms with Gasteiger partial charge in [-0.15, -0.1) is 0 Å². The zero-order chi connectivity index (χ0) is 17.3. The smallest absolute Gasteiger partial charge is 0.0849 e. The second kappa shape index (κ2) is 8.78. The lowest BCUT2D eigenvalue weighted by molar-refractivity contribution is 0.859. The van der Waals surface area contributed by atoms with Crippen LogP contribution in [0.4, 0.5) is 11.4 Å². The molecular formula is C22H25N3. The molecule has 25 heavy (non-hydrogen) atoms. The van der Waals surface area contributed by atoms with Crippen molar-refractivity contribution in [3.05, 3.63) is 90.2 Å². The van der Waals surface area contributed by atoms with Gasteiger partial charge in [0.25, 0.3) is 0 Å². The van der Waals surface area contributed by atoms with Crippen LogP contribution in [0.15, 0.2) is 79.0 Å². The Morgan fingerprint density at radius 1 is 0.920 bits per heavy atom. The molecule has 0 atom stereocenters. The average molecular weight is 331 g/mol. The van der Waals surface area contributed by atoms with Gasteiger partial charge in [0.05, 0.1) is 6.67 Å². The van der Waals surface area contributed by atoms with Gasteiger partial charge in [-0.3, -0.25) is 0 Å². The zero-order valence-corrected chi connectivity index (χ0v) is 14.5. The Kier molecular flexibility index (Phi) is 5.94. The van der Waals surface area contributed by atoms with Crippen molar-refractivity contribution in [2.45, 2.75) is 19.4 Å². The summed E-state index contributed by atoms with van der Waals surface area (Å²) in [6.07, 6.45) is 10.7. The highest BCUT2D eigenvalue weighted by Gasteiger charge is 1.99. The predicted octanol–water partition coefficient (Wildman–Crippen LogP) is 5.13. The van der Waals surface area contributed by atoms with Crippen LogP contribution in [0.1, 0.15) is 24.0 Å². The van der Waals surface area contributed by atoms with Gasteiger partial charge in [0.15, 0.2) is 0 Å². The molecule has 2 aromatic carbocycles. The first kappa shape index (κ1) is 16.9. The van der Waals surface area contributed by atoms with Crippen LogP contribution in [0.3, 0.4) is 0 Å². The highest BCUT2D eigenvalue weighted by molar-refractivity contribution is 5.57. The van der Waals surface area contributed by atoms with Gasteiger partial charge in [-0.2, -0.15) is 0 Å². The molecule has 0 bridgehead atoms. The Bertz CT molecular complexity index is 757. The van der Waals surface area contributed by atoms with Gasteiger partial charge in [-0.25, -0.2) is 0 Å². The molecule has 0 amide bonds. The summed E-state index contributed by atoms with van der Waals surface area (Å²) in [5.41, 5.74) is 5.79. The second-order valence-corrected chi connectivity index (χ2v) is 6.05. The Labute approximate surface area is 150 Å². The maximum absolute atomic E-state index is 3.78. The van der Waals surface area contributed by atoms with E-state index < -0.39 is 0 Å². The Morgan fingerprint density at radius 3 is 2.44 bits per heavy atom. The van der Waals surface area contributed by atoms with Gasteiger partial charge in [-0.05, 0) is 48.2 Å². The van der Waals surface area contributed by atoms with Gasteiger partial charge < -0.3 is 16.0 Å². The van der Waals surface area contributed by atoms with Gasteiger partial charge in [0.2, 0.25) is 0 Å². The third kappa shape index (κ3) is 5.28. The highest BCUT2D eigenvalue weighted by atomic mass is 15.1. The first-order chi connectivity index (χ1) is 12.3. The fourth-order valence-corrected chi connectivity index (χ4v) is 2.71. The normalized spacial score (nSPS) is 13.0. The van der Waals surface area contributed by atoms with Crippen molar-refractivity contribution < 1.29 is 0 Å². The van der Waals surface area contributed by atoms with Crippen LogP contribution in [-0.2, 0) is 6.54 Å². The van der Waals surface area contributed by atoms with Crippen LogP contribution in [0, 0.1) is 0 Å². The fourth-order valence-electron chi connectivity index (χ4n) is 2.71. The molecule has 3 nitrogen and oxygen atoms in total. The highest BCUT2D eigenvalue weighted by Crippen LogP contribution is 2.16. The van der Waals surface area contributed by atoms with Crippen molar-refractivity contribution in [3.63, 3.8) is 0 Å². The monoisotopic (exact) mass is 331 g/mol. The number of rotatable bonds is 8. The van der Waals surface area contributed by atoms with E-state index >= 15 is 0 Å². The van der Waals surface area contributed by atoms with Crippen LogP contribution >= 0.6 is 0 Å². The molecule has 1 aliphatic rings. The van der Waals surface area contributed by atoms with E-state index in [4.69, 9.17) is 0 Å². The van der Waals surface area contributed by atoms with Crippen LogP contribution in [0.5, 0.6) is 0 Å². The standard InChI is InChI=1S/C22H25N3/c1-2-18-11-13-19(14-12-18)16-23-21-9-6-10-22(15-21)25-17-24-20-7-4-3-5-8-20/h2,4,6-15,23-25H,1,3,5,16-17H2. The minimum absolute atomic E-state index is 0.711. The summed E-state index contributed by atoms with van der Waals surface area (Å²) in [7, 11) is 0. The number of hydrogen-bond donors (Lipinski definition) is 3. The molecule has 2 aromatic rings. The molecule has 0 saturated carbocycles. The number of benzene rings is 2. The SMILES string of the molecule is C=Cc1ccc(CNc2cccc(NCNC3=CCCC=C3)c2)cc1. The molecule has 0 unspecified atom stereocenters. The number of anilines is 2. The molecule has 0 radical (unpaired) electrons. The molecule has 128 valence electrons. The molecule has 0 aromatic heterocycles.